The zero-order valence-corrected chi connectivity index (χ0v) is 18.1. The third-order valence-electron chi connectivity index (χ3n) is 3.08. The van der Waals surface area contributed by atoms with Crippen molar-refractivity contribution in [2.24, 2.45) is 10.2 Å². The number of hydrogen-bond acceptors (Lipinski definition) is 5. The lowest BCUT2D eigenvalue weighted by Gasteiger charge is -2.11. The first kappa shape index (κ1) is 26.4. The van der Waals surface area contributed by atoms with Gasteiger partial charge in [-0.2, -0.15) is 10.2 Å². The summed E-state index contributed by atoms with van der Waals surface area (Å²) in [6.45, 7) is 9.40. The van der Waals surface area contributed by atoms with Crippen LogP contribution in [-0.4, -0.2) is 45.8 Å². The zero-order chi connectivity index (χ0) is 20.5. The molecule has 0 heterocycles. The first-order valence-electron chi connectivity index (χ1n) is 8.55. The summed E-state index contributed by atoms with van der Waals surface area (Å²) in [5, 5.41) is 22.5. The second-order valence-electron chi connectivity index (χ2n) is 5.44. The molecule has 0 spiro atoms. The molecule has 0 saturated heterocycles. The van der Waals surface area contributed by atoms with Crippen LogP contribution in [0.3, 0.4) is 0 Å². The molecule has 10 heteroatoms. The van der Waals surface area contributed by atoms with Gasteiger partial charge in [-0.15, -0.1) is 0 Å². The van der Waals surface area contributed by atoms with Crippen LogP contribution >= 0.6 is 24.4 Å². The quantitative estimate of drug-likeness (QED) is 0.181. The van der Waals surface area contributed by atoms with E-state index in [0.717, 1.165) is 0 Å². The lowest BCUT2D eigenvalue weighted by Crippen LogP contribution is -2.42. The number of unbranched alkanes of at least 4 members (excludes halogenated alkanes) is 3. The van der Waals surface area contributed by atoms with Gasteiger partial charge in [-0.25, -0.2) is 0 Å². The summed E-state index contributed by atoms with van der Waals surface area (Å²) in [7, 11) is 1.68. The van der Waals surface area contributed by atoms with Gasteiger partial charge in [0.05, 0.1) is 11.4 Å². The molecule has 0 aliphatic heterocycles. The van der Waals surface area contributed by atoms with Crippen LogP contribution in [0.1, 0.15) is 60.3 Å². The van der Waals surface area contributed by atoms with Crippen LogP contribution in [-0.2, 0) is 4.79 Å². The van der Waals surface area contributed by atoms with E-state index in [0.29, 0.717) is 16.5 Å². The van der Waals surface area contributed by atoms with E-state index in [9.17, 15) is 4.79 Å². The Morgan fingerprint density at radius 3 is 1.77 bits per heavy atom. The van der Waals surface area contributed by atoms with Crippen LogP contribution in [0.2, 0.25) is 0 Å². The highest BCUT2D eigenvalue weighted by molar-refractivity contribution is 7.80. The van der Waals surface area contributed by atoms with Crippen molar-refractivity contribution in [3.63, 3.8) is 0 Å². The topological polar surface area (TPSA) is 110 Å². The summed E-state index contributed by atoms with van der Waals surface area (Å²) in [6, 6.07) is -0.796. The summed E-state index contributed by atoms with van der Waals surface area (Å²) in [5.41, 5.74) is 6.33. The molecule has 1 unspecified atom stereocenters. The van der Waals surface area contributed by atoms with Gasteiger partial charge < -0.3 is 15.7 Å². The molecule has 1 atom stereocenters. The van der Waals surface area contributed by atoms with Crippen LogP contribution in [0.4, 0.5) is 0 Å². The van der Waals surface area contributed by atoms with Crippen molar-refractivity contribution in [3.05, 3.63) is 0 Å². The minimum Gasteiger partial charge on any atom is -0.480 e. The molecule has 0 rings (SSSR count). The maximum atomic E-state index is 10.6. The van der Waals surface area contributed by atoms with E-state index in [4.69, 9.17) is 29.5 Å². The first-order valence-corrected chi connectivity index (χ1v) is 9.37. The van der Waals surface area contributed by atoms with E-state index >= 15 is 0 Å². The van der Waals surface area contributed by atoms with E-state index < -0.39 is 12.0 Å². The molecule has 0 aliphatic carbocycles. The minimum atomic E-state index is -1.00. The molecule has 26 heavy (non-hydrogen) atoms. The summed E-state index contributed by atoms with van der Waals surface area (Å²) >= 11 is 9.77. The normalized spacial score (nSPS) is 12.2. The average Bonchev–Trinajstić information content (AvgIpc) is 2.62. The predicted molar refractivity (Wildman–Crippen MR) is 117 cm³/mol. The van der Waals surface area contributed by atoms with Gasteiger partial charge in [-0.1, -0.05) is 39.5 Å². The van der Waals surface area contributed by atoms with E-state index in [1.165, 1.54) is 32.6 Å². The van der Waals surface area contributed by atoms with E-state index in [-0.39, 0.29) is 5.11 Å². The van der Waals surface area contributed by atoms with Crippen molar-refractivity contribution < 1.29 is 9.90 Å². The van der Waals surface area contributed by atoms with E-state index in [1.807, 2.05) is 0 Å². The molecule has 0 aliphatic rings. The van der Waals surface area contributed by atoms with E-state index in [1.54, 1.807) is 20.9 Å². The summed E-state index contributed by atoms with van der Waals surface area (Å²) in [5.74, 6) is -1.00. The van der Waals surface area contributed by atoms with Gasteiger partial charge in [0.1, 0.15) is 6.04 Å². The SMILES string of the molecule is CCCCCC.CNC(=S)N/N=C(C)/C(C)=N/NC(=S)NC(C)C(=O)O. The third kappa shape index (κ3) is 15.7. The number of nitrogens with one attached hydrogen (secondary N) is 4. The molecular formula is C16H32N6O2S2. The molecule has 0 aromatic rings. The maximum absolute atomic E-state index is 10.6. The van der Waals surface area contributed by atoms with Crippen LogP contribution in [0.25, 0.3) is 0 Å². The Balaban J connectivity index is 0. The fourth-order valence-corrected chi connectivity index (χ4v) is 1.55. The Morgan fingerprint density at radius 1 is 1.00 bits per heavy atom. The van der Waals surface area contributed by atoms with Gasteiger partial charge in [0.2, 0.25) is 0 Å². The van der Waals surface area contributed by atoms with Crippen LogP contribution in [0.5, 0.6) is 0 Å². The van der Waals surface area contributed by atoms with Crippen molar-refractivity contribution in [2.75, 3.05) is 7.05 Å². The Kier molecular flexibility index (Phi) is 16.9. The third-order valence-corrected chi connectivity index (χ3v) is 3.58. The highest BCUT2D eigenvalue weighted by Crippen LogP contribution is 1.95. The predicted octanol–water partition coefficient (Wildman–Crippen LogP) is 2.36. The van der Waals surface area contributed by atoms with Crippen molar-refractivity contribution in [3.8, 4) is 0 Å². The smallest absolute Gasteiger partial charge is 0.325 e. The Bertz CT molecular complexity index is 505. The van der Waals surface area contributed by atoms with Gasteiger partial charge in [-0.05, 0) is 45.2 Å². The Morgan fingerprint density at radius 2 is 1.42 bits per heavy atom. The summed E-state index contributed by atoms with van der Waals surface area (Å²) in [6.07, 6.45) is 5.54. The largest absolute Gasteiger partial charge is 0.480 e. The van der Waals surface area contributed by atoms with Gasteiger partial charge in [0.25, 0.3) is 0 Å². The number of nitrogens with zero attached hydrogens (tertiary/aromatic N) is 2. The van der Waals surface area contributed by atoms with Gasteiger partial charge in [0.15, 0.2) is 10.2 Å². The molecule has 0 bridgehead atoms. The van der Waals surface area contributed by atoms with Gasteiger partial charge in [-0.3, -0.25) is 15.6 Å². The molecule has 0 amide bonds. The molecule has 0 aromatic carbocycles. The fraction of sp³-hybridized carbons (Fsp3) is 0.688. The zero-order valence-electron chi connectivity index (χ0n) is 16.5. The fourth-order valence-electron chi connectivity index (χ4n) is 1.28. The number of rotatable bonds is 8. The number of hydrogen-bond donors (Lipinski definition) is 5. The number of carbonyl (C=O) groups is 1. The van der Waals surface area contributed by atoms with Crippen LogP contribution in [0.15, 0.2) is 10.2 Å². The number of thiocarbonyl (C=S) groups is 2. The van der Waals surface area contributed by atoms with Crippen molar-refractivity contribution >= 4 is 52.1 Å². The second kappa shape index (κ2) is 16.6. The highest BCUT2D eigenvalue weighted by atomic mass is 32.1. The lowest BCUT2D eigenvalue weighted by atomic mass is 10.2. The van der Waals surface area contributed by atoms with Crippen LogP contribution in [0, 0.1) is 0 Å². The Hall–Kier alpha value is -1.81. The average molecular weight is 405 g/mol. The number of carboxylic acid groups (broad SMARTS) is 1. The molecule has 5 N–H and O–H groups in total. The molecule has 0 fully saturated rings. The van der Waals surface area contributed by atoms with Crippen molar-refractivity contribution in [1.29, 1.82) is 0 Å². The van der Waals surface area contributed by atoms with Crippen LogP contribution < -0.4 is 21.5 Å². The molecule has 8 nitrogen and oxygen atoms in total. The molecule has 0 saturated carbocycles. The maximum Gasteiger partial charge on any atom is 0.325 e. The standard InChI is InChI=1S/C10H18N6O2S2.C6H14/c1-5(13-15-9(19)11-4)6(2)14-16-10(20)12-7(3)8(17)18;1-3-5-6-4-2/h7H,1-4H3,(H,17,18)(H2,11,15,19)(H2,12,16,20);3-6H2,1-2H3/b13-5+,14-6+;. The van der Waals surface area contributed by atoms with Gasteiger partial charge >= 0.3 is 5.97 Å². The second-order valence-corrected chi connectivity index (χ2v) is 6.25. The van der Waals surface area contributed by atoms with E-state index in [2.05, 4.69) is 45.5 Å². The number of carboxylic acids is 1. The Labute approximate surface area is 167 Å². The number of aliphatic carboxylic acids is 1. The summed E-state index contributed by atoms with van der Waals surface area (Å²) < 4.78 is 0. The molecule has 150 valence electrons. The monoisotopic (exact) mass is 404 g/mol. The number of hydrazone groups is 2. The molecule has 0 aromatic heterocycles. The van der Waals surface area contributed by atoms with Gasteiger partial charge in [0, 0.05) is 7.05 Å². The first-order chi connectivity index (χ1) is 12.2. The lowest BCUT2D eigenvalue weighted by molar-refractivity contribution is -0.138. The van der Waals surface area contributed by atoms with Crippen molar-refractivity contribution in [2.45, 2.75) is 66.3 Å². The minimum absolute atomic E-state index is 0.116. The van der Waals surface area contributed by atoms with Crippen molar-refractivity contribution in [1.82, 2.24) is 21.5 Å². The highest BCUT2D eigenvalue weighted by Gasteiger charge is 2.11. The molecule has 0 radical (unpaired) electrons. The summed E-state index contributed by atoms with van der Waals surface area (Å²) in [4.78, 5) is 10.6. The molecular weight excluding hydrogens is 372 g/mol.